The lowest BCUT2D eigenvalue weighted by Crippen LogP contribution is -2.45. The molecule has 0 aliphatic rings. The molecule has 0 aliphatic heterocycles. The molecule has 0 aromatic heterocycles. The minimum absolute atomic E-state index is 0.125. The first-order valence-corrected chi connectivity index (χ1v) is 25.8. The van der Waals surface area contributed by atoms with Crippen molar-refractivity contribution in [3.63, 3.8) is 0 Å². The van der Waals surface area contributed by atoms with Crippen LogP contribution in [0.3, 0.4) is 0 Å². The largest absolute Gasteiger partial charge is 0.394 e. The standard InChI is InChI=1S/C61H95NO3/c1-3-5-7-9-11-13-15-17-19-20-21-22-23-24-25-26-27-28-29-30-31-32-33-34-35-36-37-38-39-40-41-42-43-45-47-49-51-53-55-57-61(65)62-59(58-63)60(64)56-54-52-50-48-46-44-18-16-14-12-10-8-6-4-2/h5,7,11,13,17,19,21-22,24-25,27-28,30-31,33-34,36-37,39-40,42-43,46-49,54,56,59-60,63-64H,3-4,6,8-10,12,14-16,18,20,23,26,29,32,35,38,41,44-45,50-53,55,57-58H2,1-2H3,(H,62,65)/b7-5-,13-11-,19-17-,22-21-,25-24-,28-27-,31-30-,34-33-,37-36-,40-39-,43-42-,48-46+,49-47-,56-54+. The van der Waals surface area contributed by atoms with Crippen molar-refractivity contribution in [2.45, 2.75) is 199 Å². The first-order chi connectivity index (χ1) is 32.2. The van der Waals surface area contributed by atoms with Crippen molar-refractivity contribution in [3.05, 3.63) is 170 Å². The number of nitrogens with one attached hydrogen (secondary N) is 1. The van der Waals surface area contributed by atoms with E-state index in [0.29, 0.717) is 6.42 Å². The van der Waals surface area contributed by atoms with Gasteiger partial charge < -0.3 is 15.5 Å². The van der Waals surface area contributed by atoms with Gasteiger partial charge in [0.2, 0.25) is 5.91 Å². The summed E-state index contributed by atoms with van der Waals surface area (Å²) in [5.41, 5.74) is 0. The summed E-state index contributed by atoms with van der Waals surface area (Å²) in [4.78, 5) is 12.4. The second kappa shape index (κ2) is 54.1. The Kier molecular flexibility index (Phi) is 50.5. The average Bonchev–Trinajstić information content (AvgIpc) is 3.31. The third-order valence-electron chi connectivity index (χ3n) is 10.4. The number of amides is 1. The molecule has 0 fully saturated rings. The monoisotopic (exact) mass is 890 g/mol. The van der Waals surface area contributed by atoms with E-state index in [4.69, 9.17) is 0 Å². The lowest BCUT2D eigenvalue weighted by Gasteiger charge is -2.19. The molecule has 0 aromatic carbocycles. The molecule has 1 amide bonds. The number of hydrogen-bond acceptors (Lipinski definition) is 3. The van der Waals surface area contributed by atoms with Gasteiger partial charge in [0, 0.05) is 6.42 Å². The third kappa shape index (κ3) is 50.6. The zero-order valence-electron chi connectivity index (χ0n) is 41.4. The van der Waals surface area contributed by atoms with Gasteiger partial charge in [-0.1, -0.05) is 229 Å². The Balaban J connectivity index is 3.78. The fourth-order valence-electron chi connectivity index (χ4n) is 6.53. The Hall–Kier alpha value is -4.25. The number of aliphatic hydroxyl groups excluding tert-OH is 2. The van der Waals surface area contributed by atoms with Crippen molar-refractivity contribution in [3.8, 4) is 0 Å². The van der Waals surface area contributed by atoms with E-state index in [2.05, 4.69) is 177 Å². The molecule has 2 unspecified atom stereocenters. The number of aliphatic hydroxyl groups is 2. The summed E-state index contributed by atoms with van der Waals surface area (Å²) < 4.78 is 0. The molecule has 0 saturated heterocycles. The number of allylic oxidation sites excluding steroid dienone is 27. The van der Waals surface area contributed by atoms with E-state index in [9.17, 15) is 15.0 Å². The quantitative estimate of drug-likeness (QED) is 0.0422. The number of unbranched alkanes of at least 4 members (excludes halogenated alkanes) is 11. The van der Waals surface area contributed by atoms with E-state index in [1.54, 1.807) is 6.08 Å². The van der Waals surface area contributed by atoms with E-state index in [1.165, 1.54) is 51.4 Å². The molecule has 0 radical (unpaired) electrons. The molecule has 362 valence electrons. The van der Waals surface area contributed by atoms with Crippen LogP contribution in [0.4, 0.5) is 0 Å². The van der Waals surface area contributed by atoms with Gasteiger partial charge in [-0.15, -0.1) is 0 Å². The van der Waals surface area contributed by atoms with Crippen LogP contribution in [0.5, 0.6) is 0 Å². The van der Waals surface area contributed by atoms with Gasteiger partial charge in [-0.2, -0.15) is 0 Å². The van der Waals surface area contributed by atoms with Crippen LogP contribution in [0.25, 0.3) is 0 Å². The molecular weight excluding hydrogens is 795 g/mol. The maximum Gasteiger partial charge on any atom is 0.220 e. The highest BCUT2D eigenvalue weighted by molar-refractivity contribution is 5.76. The summed E-state index contributed by atoms with van der Waals surface area (Å²) in [5.74, 6) is -0.125. The Morgan fingerprint density at radius 3 is 1.08 bits per heavy atom. The third-order valence-corrected chi connectivity index (χ3v) is 10.4. The average molecular weight is 890 g/mol. The highest BCUT2D eigenvalue weighted by Gasteiger charge is 2.17. The first kappa shape index (κ1) is 60.8. The van der Waals surface area contributed by atoms with Gasteiger partial charge in [0.1, 0.15) is 0 Å². The molecule has 4 nitrogen and oxygen atoms in total. The van der Waals surface area contributed by atoms with E-state index < -0.39 is 12.1 Å². The van der Waals surface area contributed by atoms with Gasteiger partial charge in [0.05, 0.1) is 18.8 Å². The Morgan fingerprint density at radius 2 is 0.692 bits per heavy atom. The van der Waals surface area contributed by atoms with E-state index in [1.807, 2.05) is 6.08 Å². The topological polar surface area (TPSA) is 69.6 Å². The molecule has 65 heavy (non-hydrogen) atoms. The summed E-state index contributed by atoms with van der Waals surface area (Å²) in [6.07, 6.45) is 89.1. The number of rotatable bonds is 44. The highest BCUT2D eigenvalue weighted by Crippen LogP contribution is 2.11. The van der Waals surface area contributed by atoms with Crippen molar-refractivity contribution < 1.29 is 15.0 Å². The predicted molar refractivity (Wildman–Crippen MR) is 289 cm³/mol. The van der Waals surface area contributed by atoms with E-state index in [-0.39, 0.29) is 12.5 Å². The normalized spacial score (nSPS) is 14.3. The molecule has 0 aromatic rings. The van der Waals surface area contributed by atoms with Gasteiger partial charge in [-0.05, 0) is 122 Å². The molecule has 3 N–H and O–H groups in total. The number of carbonyl (C=O) groups excluding carboxylic acids is 1. The summed E-state index contributed by atoms with van der Waals surface area (Å²) >= 11 is 0. The molecule has 0 aliphatic carbocycles. The van der Waals surface area contributed by atoms with Crippen molar-refractivity contribution in [1.29, 1.82) is 0 Å². The van der Waals surface area contributed by atoms with Crippen LogP contribution in [-0.2, 0) is 4.79 Å². The minimum Gasteiger partial charge on any atom is -0.394 e. The SMILES string of the molecule is CC/C=C\C/C=C\C/C=C\C/C=C\C/C=C\C/C=C\C/C=C\C/C=C\C/C=C\C/C=C\C/C=C\C/C=C\CCCCC(=O)NC(CO)C(O)/C=C/CC/C=C/CCCCCCCCCC. The molecule has 0 saturated carbocycles. The summed E-state index contributed by atoms with van der Waals surface area (Å²) in [6.45, 7) is 4.13. The maximum atomic E-state index is 12.4. The molecule has 0 rings (SSSR count). The second-order valence-electron chi connectivity index (χ2n) is 16.5. The molecule has 2 atom stereocenters. The van der Waals surface area contributed by atoms with Crippen LogP contribution < -0.4 is 5.32 Å². The Morgan fingerprint density at radius 1 is 0.385 bits per heavy atom. The number of hydrogen-bond donors (Lipinski definition) is 3. The Bertz CT molecular complexity index is 1470. The molecule has 0 bridgehead atoms. The fraction of sp³-hybridized carbons (Fsp3) is 0.525. The smallest absolute Gasteiger partial charge is 0.220 e. The van der Waals surface area contributed by atoms with Crippen LogP contribution in [0.1, 0.15) is 187 Å². The van der Waals surface area contributed by atoms with Crippen molar-refractivity contribution in [1.82, 2.24) is 5.32 Å². The van der Waals surface area contributed by atoms with Crippen molar-refractivity contribution >= 4 is 5.91 Å². The van der Waals surface area contributed by atoms with Gasteiger partial charge in [-0.3, -0.25) is 4.79 Å². The van der Waals surface area contributed by atoms with Gasteiger partial charge >= 0.3 is 0 Å². The first-order valence-electron chi connectivity index (χ1n) is 25.8. The molecular formula is C61H95NO3. The number of carbonyl (C=O) groups is 1. The summed E-state index contributed by atoms with van der Waals surface area (Å²) in [5, 5.41) is 23.0. The molecule has 0 spiro atoms. The van der Waals surface area contributed by atoms with Crippen molar-refractivity contribution in [2.24, 2.45) is 0 Å². The molecule has 0 heterocycles. The lowest BCUT2D eigenvalue weighted by atomic mass is 10.1. The van der Waals surface area contributed by atoms with Crippen LogP contribution in [0.15, 0.2) is 170 Å². The van der Waals surface area contributed by atoms with Crippen LogP contribution >= 0.6 is 0 Å². The van der Waals surface area contributed by atoms with E-state index >= 15 is 0 Å². The summed E-state index contributed by atoms with van der Waals surface area (Å²) in [7, 11) is 0. The van der Waals surface area contributed by atoms with Crippen molar-refractivity contribution in [2.75, 3.05) is 6.61 Å². The summed E-state index contributed by atoms with van der Waals surface area (Å²) in [6, 6.07) is -0.675. The zero-order chi connectivity index (χ0) is 47.0. The van der Waals surface area contributed by atoms with E-state index in [0.717, 1.165) is 116 Å². The predicted octanol–water partition coefficient (Wildman–Crippen LogP) is 17.2. The minimum atomic E-state index is -0.892. The van der Waals surface area contributed by atoms with Crippen LogP contribution in [0.2, 0.25) is 0 Å². The van der Waals surface area contributed by atoms with Crippen LogP contribution in [-0.4, -0.2) is 34.9 Å². The zero-order valence-corrected chi connectivity index (χ0v) is 41.4. The van der Waals surface area contributed by atoms with Gasteiger partial charge in [-0.25, -0.2) is 0 Å². The highest BCUT2D eigenvalue weighted by atomic mass is 16.3. The molecule has 4 heteroatoms. The lowest BCUT2D eigenvalue weighted by molar-refractivity contribution is -0.123. The van der Waals surface area contributed by atoms with Gasteiger partial charge in [0.25, 0.3) is 0 Å². The second-order valence-corrected chi connectivity index (χ2v) is 16.5. The Labute approximate surface area is 400 Å². The van der Waals surface area contributed by atoms with Crippen LogP contribution in [0, 0.1) is 0 Å². The maximum absolute atomic E-state index is 12.4. The fourth-order valence-corrected chi connectivity index (χ4v) is 6.53. The van der Waals surface area contributed by atoms with Gasteiger partial charge in [0.15, 0.2) is 0 Å².